The van der Waals surface area contributed by atoms with Gasteiger partial charge in [0.15, 0.2) is 6.29 Å². The molecular formula is C45H48ClN3O5. The zero-order chi connectivity index (χ0) is 37.5. The van der Waals surface area contributed by atoms with E-state index in [2.05, 4.69) is 46.7 Å². The highest BCUT2D eigenvalue weighted by Gasteiger charge is 2.41. The molecule has 7 rings (SSSR count). The standard InChI is InChI=1S/C45H48ClN3O5/c1-31-41(29-49-23-21-45(52,22-24-49)39-17-19-40(46)20-18-39)53-43(54-42(31)35-15-13-33(30-50)14-16-35)38-12-6-11-37(26-38)36-10-5-9-34(25-36)28-48-44(51)47-27-32-7-3-2-4-8-32/h2-20,25-26,31,41-43,50,52H,21-24,27-30H2,1H3,(H2,47,48,51). The molecule has 0 aliphatic carbocycles. The Hall–Kier alpha value is -4.54. The first-order valence-corrected chi connectivity index (χ1v) is 19.1. The summed E-state index contributed by atoms with van der Waals surface area (Å²) in [6, 6.07) is 41.6. The Bertz CT molecular complexity index is 1980. The van der Waals surface area contributed by atoms with E-state index in [1.807, 2.05) is 103 Å². The Morgan fingerprint density at radius 3 is 2.11 bits per heavy atom. The highest BCUT2D eigenvalue weighted by atomic mass is 35.5. The van der Waals surface area contributed by atoms with Crippen LogP contribution in [0.5, 0.6) is 0 Å². The van der Waals surface area contributed by atoms with Crippen LogP contribution in [-0.4, -0.2) is 46.9 Å². The molecule has 2 aliphatic rings. The van der Waals surface area contributed by atoms with Crippen LogP contribution < -0.4 is 10.6 Å². The first-order chi connectivity index (χ1) is 26.3. The van der Waals surface area contributed by atoms with Crippen LogP contribution in [0.15, 0.2) is 127 Å². The smallest absolute Gasteiger partial charge is 0.315 e. The van der Waals surface area contributed by atoms with E-state index in [0.717, 1.165) is 57.6 Å². The van der Waals surface area contributed by atoms with Gasteiger partial charge in [-0.3, -0.25) is 0 Å². The molecule has 2 amide bonds. The molecule has 4 atom stereocenters. The summed E-state index contributed by atoms with van der Waals surface area (Å²) in [6.07, 6.45) is 0.262. The molecular weight excluding hydrogens is 698 g/mol. The number of aliphatic hydroxyl groups is 2. The van der Waals surface area contributed by atoms with E-state index in [0.29, 0.717) is 37.5 Å². The topological polar surface area (TPSA) is 103 Å². The van der Waals surface area contributed by atoms with Crippen LogP contribution in [0, 0.1) is 5.92 Å². The molecule has 2 heterocycles. The van der Waals surface area contributed by atoms with Crippen LogP contribution in [-0.2, 0) is 34.8 Å². The number of amides is 2. The van der Waals surface area contributed by atoms with E-state index in [-0.39, 0.29) is 30.8 Å². The highest BCUT2D eigenvalue weighted by molar-refractivity contribution is 6.30. The Kier molecular flexibility index (Phi) is 12.1. The van der Waals surface area contributed by atoms with E-state index >= 15 is 0 Å². The summed E-state index contributed by atoms with van der Waals surface area (Å²) in [4.78, 5) is 14.9. The molecule has 280 valence electrons. The van der Waals surface area contributed by atoms with Gasteiger partial charge in [0.1, 0.15) is 0 Å². The normalized spacial score (nSPS) is 21.3. The van der Waals surface area contributed by atoms with Crippen LogP contribution in [0.3, 0.4) is 0 Å². The second-order valence-electron chi connectivity index (χ2n) is 14.5. The Labute approximate surface area is 322 Å². The lowest BCUT2D eigenvalue weighted by Gasteiger charge is -2.45. The van der Waals surface area contributed by atoms with Crippen molar-refractivity contribution in [2.24, 2.45) is 5.92 Å². The minimum Gasteiger partial charge on any atom is -0.392 e. The fraction of sp³-hybridized carbons (Fsp3) is 0.311. The number of nitrogens with one attached hydrogen (secondary N) is 2. The van der Waals surface area contributed by atoms with Gasteiger partial charge in [-0.15, -0.1) is 0 Å². The van der Waals surface area contributed by atoms with Crippen molar-refractivity contribution in [3.8, 4) is 11.1 Å². The lowest BCUT2D eigenvalue weighted by atomic mass is 9.84. The van der Waals surface area contributed by atoms with Crippen molar-refractivity contribution in [3.05, 3.63) is 166 Å². The number of piperidine rings is 1. The molecule has 0 spiro atoms. The first-order valence-electron chi connectivity index (χ1n) is 18.7. The number of rotatable bonds is 11. The zero-order valence-corrected chi connectivity index (χ0v) is 31.3. The van der Waals surface area contributed by atoms with Gasteiger partial charge in [-0.1, -0.05) is 122 Å². The van der Waals surface area contributed by atoms with E-state index in [1.54, 1.807) is 0 Å². The van der Waals surface area contributed by atoms with Gasteiger partial charge in [-0.2, -0.15) is 0 Å². The second-order valence-corrected chi connectivity index (χ2v) is 14.9. The molecule has 4 unspecified atom stereocenters. The monoisotopic (exact) mass is 745 g/mol. The minimum absolute atomic E-state index is 0.0153. The number of carbonyl (C=O) groups is 1. The number of urea groups is 1. The minimum atomic E-state index is -0.884. The number of halogens is 1. The quantitative estimate of drug-likeness (QED) is 0.109. The Balaban J connectivity index is 1.05. The third-order valence-corrected chi connectivity index (χ3v) is 11.0. The molecule has 54 heavy (non-hydrogen) atoms. The molecule has 2 saturated heterocycles. The van der Waals surface area contributed by atoms with E-state index in [9.17, 15) is 15.0 Å². The third kappa shape index (κ3) is 9.21. The third-order valence-electron chi connectivity index (χ3n) is 10.8. The fourth-order valence-electron chi connectivity index (χ4n) is 7.49. The Morgan fingerprint density at radius 1 is 0.759 bits per heavy atom. The SMILES string of the molecule is CC1C(CN2CCC(O)(c3ccc(Cl)cc3)CC2)OC(c2cccc(-c3cccc(CNC(=O)NCc4ccccc4)c3)c2)OC1c1ccc(CO)cc1. The molecule has 9 heteroatoms. The van der Waals surface area contributed by atoms with Crippen LogP contribution in [0.25, 0.3) is 11.1 Å². The van der Waals surface area contributed by atoms with E-state index in [1.165, 1.54) is 0 Å². The number of ether oxygens (including phenoxy) is 2. The summed E-state index contributed by atoms with van der Waals surface area (Å²) in [5.41, 5.74) is 6.91. The van der Waals surface area contributed by atoms with Gasteiger partial charge in [0.2, 0.25) is 0 Å². The van der Waals surface area contributed by atoms with Crippen LogP contribution >= 0.6 is 11.6 Å². The van der Waals surface area contributed by atoms with Crippen molar-refractivity contribution in [2.75, 3.05) is 19.6 Å². The molecule has 5 aromatic rings. The summed E-state index contributed by atoms with van der Waals surface area (Å²) in [5, 5.41) is 27.8. The fourth-order valence-corrected chi connectivity index (χ4v) is 7.61. The van der Waals surface area contributed by atoms with Gasteiger partial charge in [-0.05, 0) is 76.1 Å². The number of nitrogens with zero attached hydrogens (tertiary/aromatic N) is 1. The molecule has 5 aromatic carbocycles. The molecule has 2 aliphatic heterocycles. The predicted molar refractivity (Wildman–Crippen MR) is 211 cm³/mol. The van der Waals surface area contributed by atoms with Gasteiger partial charge < -0.3 is 35.2 Å². The molecule has 0 aromatic heterocycles. The van der Waals surface area contributed by atoms with E-state index < -0.39 is 11.9 Å². The summed E-state index contributed by atoms with van der Waals surface area (Å²) < 4.78 is 13.6. The van der Waals surface area contributed by atoms with Crippen LogP contribution in [0.2, 0.25) is 5.02 Å². The summed E-state index contributed by atoms with van der Waals surface area (Å²) >= 11 is 6.12. The average Bonchev–Trinajstić information content (AvgIpc) is 3.21. The molecule has 0 saturated carbocycles. The summed E-state index contributed by atoms with van der Waals surface area (Å²) in [6.45, 7) is 5.20. The Morgan fingerprint density at radius 2 is 1.41 bits per heavy atom. The number of benzene rings is 5. The largest absolute Gasteiger partial charge is 0.392 e. The zero-order valence-electron chi connectivity index (χ0n) is 30.5. The van der Waals surface area contributed by atoms with Crippen LogP contribution in [0.4, 0.5) is 4.79 Å². The van der Waals surface area contributed by atoms with Gasteiger partial charge >= 0.3 is 6.03 Å². The molecule has 0 bridgehead atoms. The molecule has 0 radical (unpaired) electrons. The van der Waals surface area contributed by atoms with Crippen molar-refractivity contribution in [2.45, 2.75) is 63.6 Å². The number of hydrogen-bond acceptors (Lipinski definition) is 6. The number of carbonyl (C=O) groups excluding carboxylic acids is 1. The van der Waals surface area contributed by atoms with E-state index in [4.69, 9.17) is 21.1 Å². The maximum atomic E-state index is 12.5. The van der Waals surface area contributed by atoms with Gasteiger partial charge in [0, 0.05) is 49.2 Å². The molecule has 8 nitrogen and oxygen atoms in total. The summed E-state index contributed by atoms with van der Waals surface area (Å²) in [7, 11) is 0. The lowest BCUT2D eigenvalue weighted by molar-refractivity contribution is -0.277. The maximum absolute atomic E-state index is 12.5. The van der Waals surface area contributed by atoms with Gasteiger partial charge in [-0.25, -0.2) is 4.79 Å². The van der Waals surface area contributed by atoms with Crippen molar-refractivity contribution in [1.82, 2.24) is 15.5 Å². The first kappa shape index (κ1) is 37.8. The molecule has 2 fully saturated rings. The second kappa shape index (κ2) is 17.3. The number of aliphatic hydroxyl groups excluding tert-OH is 1. The summed E-state index contributed by atoms with van der Waals surface area (Å²) in [5.74, 6) is 0.0376. The van der Waals surface area contributed by atoms with Gasteiger partial charge in [0.25, 0.3) is 0 Å². The van der Waals surface area contributed by atoms with Gasteiger partial charge in [0.05, 0.1) is 24.4 Å². The predicted octanol–water partition coefficient (Wildman–Crippen LogP) is 8.27. The van der Waals surface area contributed by atoms with Crippen molar-refractivity contribution in [1.29, 1.82) is 0 Å². The van der Waals surface area contributed by atoms with Crippen LogP contribution in [0.1, 0.15) is 65.5 Å². The average molecular weight is 746 g/mol. The lowest BCUT2D eigenvalue weighted by Crippen LogP contribution is -2.49. The van der Waals surface area contributed by atoms with Crippen molar-refractivity contribution >= 4 is 17.6 Å². The number of likely N-dealkylation sites (tertiary alicyclic amines) is 1. The van der Waals surface area contributed by atoms with Crippen molar-refractivity contribution in [3.63, 3.8) is 0 Å². The van der Waals surface area contributed by atoms with Crippen molar-refractivity contribution < 1.29 is 24.5 Å². The number of hydrogen-bond donors (Lipinski definition) is 4. The highest BCUT2D eigenvalue weighted by Crippen LogP contribution is 2.43. The maximum Gasteiger partial charge on any atom is 0.315 e. The molecule has 4 N–H and O–H groups in total.